The number of hydrogen-bond donors (Lipinski definition) is 0. The maximum atomic E-state index is 4.41. The molecule has 0 aliphatic rings. The number of ether oxygens (including phenoxy) is 1. The normalized spacial score (nSPS) is 9.75. The van der Waals surface area contributed by atoms with Crippen molar-refractivity contribution in [1.82, 2.24) is 0 Å². The molecule has 8 heavy (non-hydrogen) atoms. The third kappa shape index (κ3) is 5.80. The van der Waals surface area contributed by atoms with Crippen molar-refractivity contribution in [2.75, 3.05) is 21.0 Å². The summed E-state index contributed by atoms with van der Waals surface area (Å²) in [5.74, 6) is 0. The van der Waals surface area contributed by atoms with E-state index in [1.807, 2.05) is 0 Å². The first-order valence-electron chi connectivity index (χ1n) is 1.89. The van der Waals surface area contributed by atoms with Gasteiger partial charge in [0.05, 0.1) is 7.11 Å². The van der Waals surface area contributed by atoms with E-state index in [9.17, 15) is 0 Å². The monoisotopic (exact) mass is 124 g/mol. The molecule has 5 heteroatoms. The van der Waals surface area contributed by atoms with Crippen molar-refractivity contribution in [3.8, 4) is 0 Å². The van der Waals surface area contributed by atoms with Crippen LogP contribution in [0.25, 0.3) is 0 Å². The van der Waals surface area contributed by atoms with Crippen LogP contribution in [0.1, 0.15) is 0 Å². The number of methoxy groups -OCH3 is 1. The average Bonchev–Trinajstić information content (AvgIpc) is 1.81. The van der Waals surface area contributed by atoms with Crippen molar-refractivity contribution in [1.29, 1.82) is 0 Å². The summed E-state index contributed by atoms with van der Waals surface area (Å²) in [4.78, 5) is 8.14. The first kappa shape index (κ1) is 7.80. The molecule has 0 N–H and O–H groups in total. The van der Waals surface area contributed by atoms with Crippen molar-refractivity contribution < 1.29 is 24.6 Å². The van der Waals surface area contributed by atoms with E-state index in [4.69, 9.17) is 0 Å². The Morgan fingerprint density at radius 1 is 1.12 bits per heavy atom. The van der Waals surface area contributed by atoms with Crippen molar-refractivity contribution in [3.05, 3.63) is 0 Å². The first-order valence-corrected chi connectivity index (χ1v) is 1.89. The Morgan fingerprint density at radius 3 is 2.38 bits per heavy atom. The molecule has 0 spiro atoms. The molecule has 50 valence electrons. The lowest BCUT2D eigenvalue weighted by Gasteiger charge is -1.96. The van der Waals surface area contributed by atoms with Crippen LogP contribution in [0.4, 0.5) is 0 Å². The fourth-order valence-corrected chi connectivity index (χ4v) is 0.115. The van der Waals surface area contributed by atoms with Crippen LogP contribution in [0.5, 0.6) is 0 Å². The summed E-state index contributed by atoms with van der Waals surface area (Å²) < 4.78 is 4.41. The molecule has 0 rings (SSSR count). The third-order valence-electron chi connectivity index (χ3n) is 0.310. The Labute approximate surface area is 46.8 Å². The molecule has 0 aromatic heterocycles. The largest absolute Gasteiger partial charge is 0.355 e. The molecule has 0 bridgehead atoms. The fourth-order valence-electron chi connectivity index (χ4n) is 0.115. The van der Waals surface area contributed by atoms with Gasteiger partial charge in [-0.05, 0) is 10.1 Å². The summed E-state index contributed by atoms with van der Waals surface area (Å²) in [7, 11) is 2.74. The topological polar surface area (TPSA) is 46.2 Å². The van der Waals surface area contributed by atoms with Crippen LogP contribution in [0.2, 0.25) is 0 Å². The molecule has 0 aliphatic heterocycles. The van der Waals surface area contributed by atoms with Crippen molar-refractivity contribution in [3.63, 3.8) is 0 Å². The Hall–Kier alpha value is -0.200. The fraction of sp³-hybridized carbons (Fsp3) is 1.00. The lowest BCUT2D eigenvalue weighted by Crippen LogP contribution is -1.98. The molecular formula is C3H8O5. The van der Waals surface area contributed by atoms with E-state index in [-0.39, 0.29) is 6.79 Å². The van der Waals surface area contributed by atoms with E-state index in [0.29, 0.717) is 0 Å². The Bertz CT molecular complexity index is 32.7. The van der Waals surface area contributed by atoms with Crippen LogP contribution < -0.4 is 0 Å². The van der Waals surface area contributed by atoms with Gasteiger partial charge in [0.2, 0.25) is 0 Å². The molecule has 0 saturated carbocycles. The molecule has 0 aromatic carbocycles. The van der Waals surface area contributed by atoms with E-state index in [0.717, 1.165) is 0 Å². The first-order chi connectivity index (χ1) is 3.91. The minimum Gasteiger partial charge on any atom is -0.355 e. The standard InChI is InChI=1S/C3H8O5/c1-4-3-6-8-7-5-2/h3H2,1-2H3. The molecule has 0 aliphatic carbocycles. The predicted octanol–water partition coefficient (Wildman–Crippen LogP) is 0.0315. The molecule has 0 heterocycles. The Morgan fingerprint density at radius 2 is 1.88 bits per heavy atom. The second-order valence-electron chi connectivity index (χ2n) is 0.827. The van der Waals surface area contributed by atoms with Crippen LogP contribution >= 0.6 is 0 Å². The average molecular weight is 124 g/mol. The van der Waals surface area contributed by atoms with Crippen LogP contribution in [-0.2, 0) is 24.6 Å². The zero-order valence-electron chi connectivity index (χ0n) is 4.75. The SMILES string of the molecule is COCOOOOC. The molecule has 0 fully saturated rings. The highest BCUT2D eigenvalue weighted by Crippen LogP contribution is 1.79. The zero-order chi connectivity index (χ0) is 6.24. The van der Waals surface area contributed by atoms with Gasteiger partial charge in [0.15, 0.2) is 6.79 Å². The molecule has 0 aromatic rings. The predicted molar refractivity (Wildman–Crippen MR) is 22.1 cm³/mol. The highest BCUT2D eigenvalue weighted by atomic mass is 17.7. The maximum Gasteiger partial charge on any atom is 0.183 e. The van der Waals surface area contributed by atoms with E-state index >= 15 is 0 Å². The van der Waals surface area contributed by atoms with E-state index in [1.54, 1.807) is 0 Å². The van der Waals surface area contributed by atoms with Gasteiger partial charge in [0.25, 0.3) is 0 Å². The van der Waals surface area contributed by atoms with E-state index in [2.05, 4.69) is 24.6 Å². The second kappa shape index (κ2) is 6.80. The van der Waals surface area contributed by atoms with E-state index < -0.39 is 0 Å². The van der Waals surface area contributed by atoms with Crippen LogP contribution in [0.3, 0.4) is 0 Å². The lowest BCUT2D eigenvalue weighted by molar-refractivity contribution is -0.636. The number of rotatable bonds is 5. The molecule has 0 atom stereocenters. The minimum absolute atomic E-state index is 0.00333. The van der Waals surface area contributed by atoms with Crippen LogP contribution in [0.15, 0.2) is 0 Å². The quantitative estimate of drug-likeness (QED) is 0.224. The van der Waals surface area contributed by atoms with Crippen LogP contribution in [0, 0.1) is 0 Å². The Balaban J connectivity index is 2.53. The van der Waals surface area contributed by atoms with Crippen molar-refractivity contribution in [2.24, 2.45) is 0 Å². The molecular weight excluding hydrogens is 116 g/mol. The van der Waals surface area contributed by atoms with Crippen molar-refractivity contribution >= 4 is 0 Å². The van der Waals surface area contributed by atoms with Gasteiger partial charge in [-0.1, -0.05) is 0 Å². The van der Waals surface area contributed by atoms with Gasteiger partial charge >= 0.3 is 0 Å². The second-order valence-corrected chi connectivity index (χ2v) is 0.827. The highest BCUT2D eigenvalue weighted by molar-refractivity contribution is 3.78. The smallest absolute Gasteiger partial charge is 0.183 e. The van der Waals surface area contributed by atoms with Gasteiger partial charge in [-0.2, -0.15) is 4.89 Å². The van der Waals surface area contributed by atoms with Gasteiger partial charge in [-0.3, -0.25) is 0 Å². The summed E-state index contributed by atoms with van der Waals surface area (Å²) >= 11 is 0. The molecule has 0 radical (unpaired) electrons. The summed E-state index contributed by atoms with van der Waals surface area (Å²) in [6.07, 6.45) is 0. The van der Waals surface area contributed by atoms with Gasteiger partial charge in [-0.25, -0.2) is 4.89 Å². The van der Waals surface area contributed by atoms with E-state index in [1.165, 1.54) is 14.2 Å². The summed E-state index contributed by atoms with van der Waals surface area (Å²) in [5, 5.41) is 7.71. The zero-order valence-corrected chi connectivity index (χ0v) is 4.75. The molecule has 5 nitrogen and oxygen atoms in total. The molecule has 0 unspecified atom stereocenters. The third-order valence-corrected chi connectivity index (χ3v) is 0.310. The lowest BCUT2D eigenvalue weighted by atomic mass is 11.4. The van der Waals surface area contributed by atoms with Gasteiger partial charge in [0.1, 0.15) is 0 Å². The highest BCUT2D eigenvalue weighted by Gasteiger charge is 1.82. The van der Waals surface area contributed by atoms with Crippen molar-refractivity contribution in [2.45, 2.75) is 0 Å². The summed E-state index contributed by atoms with van der Waals surface area (Å²) in [6, 6.07) is 0. The van der Waals surface area contributed by atoms with Gasteiger partial charge < -0.3 is 4.74 Å². The van der Waals surface area contributed by atoms with Gasteiger partial charge in [0, 0.05) is 7.11 Å². The molecule has 0 saturated heterocycles. The maximum absolute atomic E-state index is 4.41. The van der Waals surface area contributed by atoms with Crippen LogP contribution in [-0.4, -0.2) is 21.0 Å². The Kier molecular flexibility index (Phi) is 6.63. The summed E-state index contributed by atoms with van der Waals surface area (Å²) in [6.45, 7) is 0.00333. The number of hydrogen-bond acceptors (Lipinski definition) is 5. The molecule has 0 amide bonds. The van der Waals surface area contributed by atoms with Gasteiger partial charge in [-0.15, -0.1) is 0 Å². The minimum atomic E-state index is 0.00333. The summed E-state index contributed by atoms with van der Waals surface area (Å²) in [5.41, 5.74) is 0.